The van der Waals surface area contributed by atoms with Crippen LogP contribution < -0.4 is 0 Å². The zero-order valence-corrected chi connectivity index (χ0v) is 8.27. The molecule has 11 heavy (non-hydrogen) atoms. The average Bonchev–Trinajstić information content (AvgIpc) is 2.05. The average molecular weight is 184 g/mol. The Morgan fingerprint density at radius 1 is 1.09 bits per heavy atom. The van der Waals surface area contributed by atoms with Crippen molar-refractivity contribution < 1.29 is 18.6 Å². The minimum Gasteiger partial charge on any atom is -0.339 e. The maximum atomic E-state index is 3.81. The van der Waals surface area contributed by atoms with Gasteiger partial charge in [0.1, 0.15) is 0 Å². The molecule has 0 saturated heterocycles. The monoisotopic (exact) mass is 184 g/mol. The molecule has 0 N–H and O–H groups in total. The van der Waals surface area contributed by atoms with Gasteiger partial charge in [-0.1, -0.05) is 36.8 Å². The molecule has 1 heteroatoms. The van der Waals surface area contributed by atoms with Crippen LogP contribution in [0.3, 0.4) is 0 Å². The quantitative estimate of drug-likeness (QED) is 0.620. The fourth-order valence-electron chi connectivity index (χ4n) is 0.942. The molecule has 0 atom stereocenters. The Bertz CT molecular complexity index is 166. The van der Waals surface area contributed by atoms with Crippen LogP contribution in [0.1, 0.15) is 18.1 Å². The molecule has 0 aliphatic heterocycles. The maximum Gasteiger partial charge on any atom is 0 e. The molecule has 1 radical (unpaired) electrons. The van der Waals surface area contributed by atoms with Crippen LogP contribution in [0.2, 0.25) is 0 Å². The third kappa shape index (κ3) is 3.13. The standard InChI is InChI=1S/C10H13.V/c1-3-9-5-7-10(4-2)8-6-9;/h5-8H,1,3-4H2,2H3;/q-1;. The van der Waals surface area contributed by atoms with Crippen LogP contribution in [0.4, 0.5) is 0 Å². The van der Waals surface area contributed by atoms with Gasteiger partial charge in [-0.3, -0.25) is 0 Å². The summed E-state index contributed by atoms with van der Waals surface area (Å²) in [7, 11) is 0. The Hall–Kier alpha value is -0.196. The fraction of sp³-hybridized carbons (Fsp3) is 0.300. The van der Waals surface area contributed by atoms with Gasteiger partial charge in [-0.25, -0.2) is 0 Å². The van der Waals surface area contributed by atoms with E-state index in [2.05, 4.69) is 38.1 Å². The van der Waals surface area contributed by atoms with Crippen LogP contribution in [0.15, 0.2) is 24.3 Å². The summed E-state index contributed by atoms with van der Waals surface area (Å²) in [6.07, 6.45) is 2.02. The van der Waals surface area contributed by atoms with Crippen LogP contribution in [-0.4, -0.2) is 0 Å². The molecule has 59 valence electrons. The van der Waals surface area contributed by atoms with Gasteiger partial charge in [-0.15, -0.1) is 0 Å². The topological polar surface area (TPSA) is 0 Å². The second-order valence-corrected chi connectivity index (χ2v) is 2.42. The minimum atomic E-state index is 0. The second kappa shape index (κ2) is 5.45. The first-order valence-corrected chi connectivity index (χ1v) is 3.74. The van der Waals surface area contributed by atoms with Crippen LogP contribution in [-0.2, 0) is 31.4 Å². The van der Waals surface area contributed by atoms with Gasteiger partial charge >= 0.3 is 0 Å². The summed E-state index contributed by atoms with van der Waals surface area (Å²) >= 11 is 0. The van der Waals surface area contributed by atoms with Crippen molar-refractivity contribution >= 4 is 0 Å². The van der Waals surface area contributed by atoms with E-state index >= 15 is 0 Å². The molecule has 1 aromatic rings. The predicted molar refractivity (Wildman–Crippen MR) is 44.9 cm³/mol. The van der Waals surface area contributed by atoms with E-state index < -0.39 is 0 Å². The van der Waals surface area contributed by atoms with Gasteiger partial charge < -0.3 is 6.92 Å². The summed E-state index contributed by atoms with van der Waals surface area (Å²) in [6.45, 7) is 5.98. The Morgan fingerprint density at radius 2 is 1.55 bits per heavy atom. The Labute approximate surface area is 80.9 Å². The van der Waals surface area contributed by atoms with Gasteiger partial charge in [0, 0.05) is 18.6 Å². The first-order chi connectivity index (χ1) is 4.86. The molecule has 0 nitrogen and oxygen atoms in total. The first kappa shape index (κ1) is 10.8. The van der Waals surface area contributed by atoms with Crippen LogP contribution >= 0.6 is 0 Å². The van der Waals surface area contributed by atoms with Crippen LogP contribution in [0.5, 0.6) is 0 Å². The number of benzene rings is 1. The van der Waals surface area contributed by atoms with Gasteiger partial charge in [0.2, 0.25) is 0 Å². The molecular weight excluding hydrogens is 171 g/mol. The minimum absolute atomic E-state index is 0. The van der Waals surface area contributed by atoms with E-state index in [1.807, 2.05) is 0 Å². The van der Waals surface area contributed by atoms with E-state index in [0.29, 0.717) is 0 Å². The molecule has 0 amide bonds. The van der Waals surface area contributed by atoms with E-state index in [1.165, 1.54) is 11.1 Å². The first-order valence-electron chi connectivity index (χ1n) is 3.74. The summed E-state index contributed by atoms with van der Waals surface area (Å²) in [4.78, 5) is 0. The normalized spacial score (nSPS) is 8.91. The van der Waals surface area contributed by atoms with Crippen LogP contribution in [0.25, 0.3) is 0 Å². The zero-order valence-electron chi connectivity index (χ0n) is 6.88. The van der Waals surface area contributed by atoms with E-state index in [1.54, 1.807) is 0 Å². The van der Waals surface area contributed by atoms with Crippen molar-refractivity contribution in [1.82, 2.24) is 0 Å². The van der Waals surface area contributed by atoms with Gasteiger partial charge in [0.15, 0.2) is 0 Å². The van der Waals surface area contributed by atoms with Gasteiger partial charge in [0.25, 0.3) is 0 Å². The molecule has 0 unspecified atom stereocenters. The molecular formula is C10H13V-. The van der Waals surface area contributed by atoms with Crippen LogP contribution in [0, 0.1) is 6.92 Å². The van der Waals surface area contributed by atoms with E-state index in [4.69, 9.17) is 0 Å². The number of hydrogen-bond acceptors (Lipinski definition) is 0. The molecule has 0 aliphatic carbocycles. The largest absolute Gasteiger partial charge is 0.339 e. The van der Waals surface area contributed by atoms with Gasteiger partial charge in [-0.2, -0.15) is 6.42 Å². The van der Waals surface area contributed by atoms with Crippen molar-refractivity contribution in [3.63, 3.8) is 0 Å². The van der Waals surface area contributed by atoms with Crippen molar-refractivity contribution in [3.8, 4) is 0 Å². The van der Waals surface area contributed by atoms with E-state index in [-0.39, 0.29) is 18.6 Å². The summed E-state index contributed by atoms with van der Waals surface area (Å²) in [5.74, 6) is 0. The van der Waals surface area contributed by atoms with Gasteiger partial charge in [-0.05, 0) is 12.0 Å². The Morgan fingerprint density at radius 3 is 1.91 bits per heavy atom. The zero-order chi connectivity index (χ0) is 7.40. The third-order valence-electron chi connectivity index (χ3n) is 1.72. The summed E-state index contributed by atoms with van der Waals surface area (Å²) in [5, 5.41) is 0. The van der Waals surface area contributed by atoms with Crippen molar-refractivity contribution in [2.75, 3.05) is 0 Å². The Balaban J connectivity index is 0.000001000. The molecule has 0 fully saturated rings. The van der Waals surface area contributed by atoms with E-state index in [0.717, 1.165) is 12.8 Å². The molecule has 0 aromatic heterocycles. The second-order valence-electron chi connectivity index (χ2n) is 2.42. The molecule has 0 saturated carbocycles. The summed E-state index contributed by atoms with van der Waals surface area (Å²) in [5.41, 5.74) is 2.72. The van der Waals surface area contributed by atoms with Crippen molar-refractivity contribution in [1.29, 1.82) is 0 Å². The predicted octanol–water partition coefficient (Wildman–Crippen LogP) is 2.62. The molecule has 0 spiro atoms. The molecule has 1 rings (SSSR count). The van der Waals surface area contributed by atoms with Crippen molar-refractivity contribution in [2.24, 2.45) is 0 Å². The molecule has 1 aromatic carbocycles. The van der Waals surface area contributed by atoms with Gasteiger partial charge in [0.05, 0.1) is 0 Å². The SMILES string of the molecule is [CH2-]Cc1ccc(CC)cc1.[V]. The third-order valence-corrected chi connectivity index (χ3v) is 1.72. The molecule has 0 aliphatic rings. The summed E-state index contributed by atoms with van der Waals surface area (Å²) in [6, 6.07) is 8.62. The number of rotatable bonds is 2. The smallest absolute Gasteiger partial charge is 0 e. The molecule has 0 bridgehead atoms. The molecule has 0 heterocycles. The fourth-order valence-corrected chi connectivity index (χ4v) is 0.942. The maximum absolute atomic E-state index is 3.81. The van der Waals surface area contributed by atoms with E-state index in [9.17, 15) is 0 Å². The number of aryl methyl sites for hydroxylation is 1. The summed E-state index contributed by atoms with van der Waals surface area (Å²) < 4.78 is 0. The number of hydrogen-bond donors (Lipinski definition) is 0. The Kier molecular flexibility index (Phi) is 5.36. The van der Waals surface area contributed by atoms with Crippen molar-refractivity contribution in [3.05, 3.63) is 42.3 Å². The van der Waals surface area contributed by atoms with Crippen molar-refractivity contribution in [2.45, 2.75) is 19.8 Å².